The van der Waals surface area contributed by atoms with E-state index in [1.807, 2.05) is 43.3 Å². The molecule has 28 heavy (non-hydrogen) atoms. The van der Waals surface area contributed by atoms with Gasteiger partial charge in [-0.05, 0) is 42.7 Å². The number of carbonyl (C=O) groups is 1. The van der Waals surface area contributed by atoms with E-state index in [-0.39, 0.29) is 11.9 Å². The molecule has 1 amide bonds. The smallest absolute Gasteiger partial charge is 0.242 e. The Bertz CT molecular complexity index is 893. The van der Waals surface area contributed by atoms with E-state index in [1.165, 1.54) is 0 Å². The topological polar surface area (TPSA) is 51.1 Å². The predicted molar refractivity (Wildman–Crippen MR) is 114 cm³/mol. The zero-order valence-electron chi connectivity index (χ0n) is 16.7. The van der Waals surface area contributed by atoms with Crippen molar-refractivity contribution in [2.75, 3.05) is 14.2 Å². The predicted octanol–water partition coefficient (Wildman–Crippen LogP) is 4.79. The van der Waals surface area contributed by atoms with Crippen LogP contribution in [0.5, 0.6) is 11.5 Å². The highest BCUT2D eigenvalue weighted by molar-refractivity contribution is 9.10. The largest absolute Gasteiger partial charge is 0.493 e. The number of hydrazone groups is 1. The fourth-order valence-electron chi connectivity index (χ4n) is 3.45. The van der Waals surface area contributed by atoms with Crippen LogP contribution in [0.1, 0.15) is 43.4 Å². The summed E-state index contributed by atoms with van der Waals surface area (Å²) in [4.78, 5) is 12.7. The van der Waals surface area contributed by atoms with Gasteiger partial charge >= 0.3 is 0 Å². The number of ether oxygens (including phenoxy) is 2. The van der Waals surface area contributed by atoms with Crippen molar-refractivity contribution in [3.8, 4) is 11.5 Å². The second kappa shape index (κ2) is 8.78. The first kappa shape index (κ1) is 20.4. The summed E-state index contributed by atoms with van der Waals surface area (Å²) < 4.78 is 12.0. The third-order valence-electron chi connectivity index (χ3n) is 5.02. The lowest BCUT2D eigenvalue weighted by Crippen LogP contribution is -2.36. The van der Waals surface area contributed by atoms with Gasteiger partial charge in [-0.3, -0.25) is 4.79 Å². The molecular formula is C22H25BrN2O3. The maximum Gasteiger partial charge on any atom is 0.242 e. The van der Waals surface area contributed by atoms with Crippen LogP contribution in [-0.4, -0.2) is 36.9 Å². The minimum absolute atomic E-state index is 0.00255. The SMILES string of the molecule is CCC(=O)N1N=C(c2ccc(Br)cc2)c2cc(OC)c(OC)cc2CC1CC. The van der Waals surface area contributed by atoms with Crippen molar-refractivity contribution in [3.05, 3.63) is 57.6 Å². The van der Waals surface area contributed by atoms with E-state index in [9.17, 15) is 4.79 Å². The van der Waals surface area contributed by atoms with Gasteiger partial charge in [-0.1, -0.05) is 41.9 Å². The van der Waals surface area contributed by atoms with Gasteiger partial charge in [0.2, 0.25) is 5.91 Å². The number of hydrogen-bond donors (Lipinski definition) is 0. The second-order valence-corrected chi connectivity index (χ2v) is 7.59. The summed E-state index contributed by atoms with van der Waals surface area (Å²) in [6.45, 7) is 3.95. The molecule has 1 atom stereocenters. The fourth-order valence-corrected chi connectivity index (χ4v) is 3.72. The molecule has 1 unspecified atom stereocenters. The number of fused-ring (bicyclic) bond motifs is 1. The number of rotatable bonds is 5. The van der Waals surface area contributed by atoms with Crippen molar-refractivity contribution >= 4 is 27.5 Å². The minimum atomic E-state index is -0.00255. The van der Waals surface area contributed by atoms with E-state index in [4.69, 9.17) is 14.6 Å². The monoisotopic (exact) mass is 444 g/mol. The summed E-state index contributed by atoms with van der Waals surface area (Å²) in [6, 6.07) is 11.9. The molecule has 0 spiro atoms. The maximum absolute atomic E-state index is 12.7. The first-order valence-corrected chi connectivity index (χ1v) is 10.2. The second-order valence-electron chi connectivity index (χ2n) is 6.68. The average Bonchev–Trinajstić information content (AvgIpc) is 2.89. The van der Waals surface area contributed by atoms with Crippen molar-refractivity contribution in [2.24, 2.45) is 5.10 Å². The van der Waals surface area contributed by atoms with Crippen LogP contribution >= 0.6 is 15.9 Å². The number of methoxy groups -OCH3 is 2. The Balaban J connectivity index is 2.26. The first-order chi connectivity index (χ1) is 13.5. The number of carbonyl (C=O) groups excluding carboxylic acids is 1. The number of amides is 1. The van der Waals surface area contributed by atoms with Crippen LogP contribution < -0.4 is 9.47 Å². The van der Waals surface area contributed by atoms with Crippen LogP contribution in [0.2, 0.25) is 0 Å². The Labute approximate surface area is 174 Å². The Morgan fingerprint density at radius 1 is 1.14 bits per heavy atom. The molecule has 0 N–H and O–H groups in total. The number of halogens is 1. The normalized spacial score (nSPS) is 16.1. The van der Waals surface area contributed by atoms with E-state index in [0.29, 0.717) is 24.3 Å². The van der Waals surface area contributed by atoms with E-state index < -0.39 is 0 Å². The van der Waals surface area contributed by atoms with Crippen LogP contribution in [0.3, 0.4) is 0 Å². The lowest BCUT2D eigenvalue weighted by atomic mass is 9.93. The van der Waals surface area contributed by atoms with Crippen LogP contribution in [-0.2, 0) is 11.2 Å². The Kier molecular flexibility index (Phi) is 6.39. The zero-order chi connectivity index (χ0) is 20.3. The van der Waals surface area contributed by atoms with Crippen LogP contribution in [0, 0.1) is 0 Å². The molecule has 0 saturated heterocycles. The van der Waals surface area contributed by atoms with Gasteiger partial charge in [-0.2, -0.15) is 5.10 Å². The van der Waals surface area contributed by atoms with Gasteiger partial charge in [-0.25, -0.2) is 5.01 Å². The maximum atomic E-state index is 12.7. The van der Waals surface area contributed by atoms with Gasteiger partial charge in [-0.15, -0.1) is 0 Å². The average molecular weight is 445 g/mol. The molecule has 148 valence electrons. The van der Waals surface area contributed by atoms with Gasteiger partial charge < -0.3 is 9.47 Å². The summed E-state index contributed by atoms with van der Waals surface area (Å²) in [5.41, 5.74) is 3.77. The molecule has 0 aliphatic carbocycles. The molecule has 1 aliphatic rings. The van der Waals surface area contributed by atoms with Gasteiger partial charge in [0.15, 0.2) is 11.5 Å². The summed E-state index contributed by atoms with van der Waals surface area (Å²) in [6.07, 6.45) is 1.94. The van der Waals surface area contributed by atoms with Gasteiger partial charge in [0.1, 0.15) is 0 Å². The number of nitrogens with zero attached hydrogens (tertiary/aromatic N) is 2. The molecule has 0 aromatic heterocycles. The Hall–Kier alpha value is -2.34. The Morgan fingerprint density at radius 3 is 2.36 bits per heavy atom. The molecule has 2 aromatic carbocycles. The summed E-state index contributed by atoms with van der Waals surface area (Å²) >= 11 is 3.48. The molecule has 2 aromatic rings. The van der Waals surface area contributed by atoms with Crippen LogP contribution in [0.25, 0.3) is 0 Å². The summed E-state index contributed by atoms with van der Waals surface area (Å²) in [5.74, 6) is 1.35. The molecule has 0 fully saturated rings. The summed E-state index contributed by atoms with van der Waals surface area (Å²) in [5, 5.41) is 6.52. The van der Waals surface area contributed by atoms with Crippen molar-refractivity contribution in [1.82, 2.24) is 5.01 Å². The molecule has 0 saturated carbocycles. The highest BCUT2D eigenvalue weighted by Gasteiger charge is 2.29. The van der Waals surface area contributed by atoms with Gasteiger partial charge in [0.25, 0.3) is 0 Å². The number of benzene rings is 2. The standard InChI is InChI=1S/C22H25BrN2O3/c1-5-17-11-15-12-19(27-3)20(28-4)13-18(15)22(24-25(17)21(26)6-2)14-7-9-16(23)10-8-14/h7-10,12-13,17H,5-6,11H2,1-4H3. The third-order valence-corrected chi connectivity index (χ3v) is 5.55. The molecule has 0 radical (unpaired) electrons. The number of hydrogen-bond acceptors (Lipinski definition) is 4. The van der Waals surface area contributed by atoms with Crippen molar-refractivity contribution < 1.29 is 14.3 Å². The summed E-state index contributed by atoms with van der Waals surface area (Å²) in [7, 11) is 3.26. The quantitative estimate of drug-likeness (QED) is 0.665. The van der Waals surface area contributed by atoms with Crippen LogP contribution in [0.4, 0.5) is 0 Å². The minimum Gasteiger partial charge on any atom is -0.493 e. The van der Waals surface area contributed by atoms with Gasteiger partial charge in [0, 0.05) is 22.0 Å². The molecule has 5 nitrogen and oxygen atoms in total. The molecule has 6 heteroatoms. The van der Waals surface area contributed by atoms with Gasteiger partial charge in [0.05, 0.1) is 26.0 Å². The van der Waals surface area contributed by atoms with Crippen molar-refractivity contribution in [1.29, 1.82) is 0 Å². The first-order valence-electron chi connectivity index (χ1n) is 9.44. The van der Waals surface area contributed by atoms with Crippen molar-refractivity contribution in [2.45, 2.75) is 39.2 Å². The molecule has 3 rings (SSSR count). The zero-order valence-corrected chi connectivity index (χ0v) is 18.2. The fraction of sp³-hybridized carbons (Fsp3) is 0.364. The lowest BCUT2D eigenvalue weighted by molar-refractivity contribution is -0.133. The lowest BCUT2D eigenvalue weighted by Gasteiger charge is -2.25. The van der Waals surface area contributed by atoms with E-state index >= 15 is 0 Å². The highest BCUT2D eigenvalue weighted by Crippen LogP contribution is 2.35. The van der Waals surface area contributed by atoms with E-state index in [0.717, 1.165) is 33.3 Å². The van der Waals surface area contributed by atoms with E-state index in [1.54, 1.807) is 19.2 Å². The molecule has 1 heterocycles. The van der Waals surface area contributed by atoms with E-state index in [2.05, 4.69) is 22.9 Å². The van der Waals surface area contributed by atoms with Crippen molar-refractivity contribution in [3.63, 3.8) is 0 Å². The molecule has 0 bridgehead atoms. The Morgan fingerprint density at radius 2 is 1.79 bits per heavy atom. The highest BCUT2D eigenvalue weighted by atomic mass is 79.9. The molecule has 1 aliphatic heterocycles. The molecular weight excluding hydrogens is 420 g/mol. The third kappa shape index (κ3) is 3.92. The van der Waals surface area contributed by atoms with Crippen LogP contribution in [0.15, 0.2) is 46.0 Å².